The first-order valence-electron chi connectivity index (χ1n) is 6.53. The van der Waals surface area contributed by atoms with Gasteiger partial charge in [-0.1, -0.05) is 36.4 Å². The third kappa shape index (κ3) is 4.10. The highest BCUT2D eigenvalue weighted by Gasteiger charge is 2.22. The molecule has 0 aromatic heterocycles. The lowest BCUT2D eigenvalue weighted by atomic mass is 10.1. The Kier molecular flexibility index (Phi) is 5.00. The predicted molar refractivity (Wildman–Crippen MR) is 74.9 cm³/mol. The Hall–Kier alpha value is -2.27. The molecule has 0 aliphatic heterocycles. The highest BCUT2D eigenvalue weighted by Crippen LogP contribution is 2.18. The summed E-state index contributed by atoms with van der Waals surface area (Å²) in [5.74, 6) is -2.80. The fraction of sp³-hybridized carbons (Fsp3) is 0.188. The van der Waals surface area contributed by atoms with Crippen molar-refractivity contribution in [2.24, 2.45) is 0 Å². The molecule has 0 aliphatic rings. The second kappa shape index (κ2) is 6.95. The molecule has 1 unspecified atom stereocenters. The van der Waals surface area contributed by atoms with E-state index in [2.05, 4.69) is 5.32 Å². The molecule has 2 rings (SSSR count). The van der Waals surface area contributed by atoms with Gasteiger partial charge in [0.2, 0.25) is 0 Å². The third-order valence-corrected chi connectivity index (χ3v) is 3.13. The molecular formula is C16H15F2NO2. The maximum atomic E-state index is 13.7. The van der Waals surface area contributed by atoms with Gasteiger partial charge in [-0.15, -0.1) is 0 Å². The van der Waals surface area contributed by atoms with Gasteiger partial charge in [0.1, 0.15) is 17.7 Å². The number of aliphatic carboxylic acids is 1. The van der Waals surface area contributed by atoms with Crippen LogP contribution in [0.4, 0.5) is 8.78 Å². The Morgan fingerprint density at radius 3 is 2.48 bits per heavy atom. The van der Waals surface area contributed by atoms with Gasteiger partial charge in [0.25, 0.3) is 0 Å². The van der Waals surface area contributed by atoms with Gasteiger partial charge in [0.15, 0.2) is 0 Å². The summed E-state index contributed by atoms with van der Waals surface area (Å²) in [6.07, 6.45) is 0.618. The van der Waals surface area contributed by atoms with Gasteiger partial charge in [0, 0.05) is 18.2 Å². The van der Waals surface area contributed by atoms with Crippen LogP contribution in [-0.4, -0.2) is 17.6 Å². The molecule has 2 aromatic carbocycles. The normalized spacial score (nSPS) is 12.1. The molecule has 5 heteroatoms. The third-order valence-electron chi connectivity index (χ3n) is 3.13. The lowest BCUT2D eigenvalue weighted by molar-refractivity contribution is -0.139. The molecule has 110 valence electrons. The summed E-state index contributed by atoms with van der Waals surface area (Å²) in [6, 6.07) is 11.2. The quantitative estimate of drug-likeness (QED) is 0.860. The largest absolute Gasteiger partial charge is 0.480 e. The molecule has 0 radical (unpaired) electrons. The highest BCUT2D eigenvalue weighted by atomic mass is 19.1. The van der Waals surface area contributed by atoms with Crippen molar-refractivity contribution in [3.8, 4) is 0 Å². The van der Waals surface area contributed by atoms with E-state index >= 15 is 0 Å². The van der Waals surface area contributed by atoms with Gasteiger partial charge >= 0.3 is 5.97 Å². The minimum atomic E-state index is -1.20. The van der Waals surface area contributed by atoms with E-state index in [1.165, 1.54) is 0 Å². The van der Waals surface area contributed by atoms with Crippen molar-refractivity contribution in [2.75, 3.05) is 6.54 Å². The summed E-state index contributed by atoms with van der Waals surface area (Å²) in [6.45, 7) is 0.373. The van der Waals surface area contributed by atoms with Crippen LogP contribution < -0.4 is 5.32 Å². The minimum absolute atomic E-state index is 0.0723. The molecule has 2 N–H and O–H groups in total. The average Bonchev–Trinajstić information content (AvgIpc) is 2.45. The summed E-state index contributed by atoms with van der Waals surface area (Å²) in [7, 11) is 0. The Bertz CT molecular complexity index is 617. The first-order valence-corrected chi connectivity index (χ1v) is 6.53. The van der Waals surface area contributed by atoms with E-state index in [4.69, 9.17) is 0 Å². The van der Waals surface area contributed by atoms with Crippen molar-refractivity contribution in [2.45, 2.75) is 12.5 Å². The Morgan fingerprint density at radius 2 is 1.86 bits per heavy atom. The number of carboxylic acid groups (broad SMARTS) is 1. The molecule has 0 heterocycles. The SMILES string of the molecule is O=C(O)C(NCCc1ccccc1)c1ccc(F)cc1F. The lowest BCUT2D eigenvalue weighted by Gasteiger charge is -2.15. The zero-order chi connectivity index (χ0) is 15.2. The van der Waals surface area contributed by atoms with Crippen LogP contribution in [0.25, 0.3) is 0 Å². The molecule has 0 saturated heterocycles. The molecule has 0 bridgehead atoms. The van der Waals surface area contributed by atoms with E-state index in [9.17, 15) is 18.7 Å². The van der Waals surface area contributed by atoms with E-state index in [1.54, 1.807) is 0 Å². The van der Waals surface area contributed by atoms with Crippen LogP contribution >= 0.6 is 0 Å². The zero-order valence-corrected chi connectivity index (χ0v) is 11.2. The molecule has 0 spiro atoms. The fourth-order valence-corrected chi connectivity index (χ4v) is 2.07. The molecule has 0 amide bonds. The maximum Gasteiger partial charge on any atom is 0.325 e. The monoisotopic (exact) mass is 291 g/mol. The maximum absolute atomic E-state index is 13.7. The molecule has 2 aromatic rings. The van der Waals surface area contributed by atoms with Crippen LogP contribution in [0.3, 0.4) is 0 Å². The molecule has 0 saturated carbocycles. The van der Waals surface area contributed by atoms with Crippen molar-refractivity contribution >= 4 is 5.97 Å². The topological polar surface area (TPSA) is 49.3 Å². The Morgan fingerprint density at radius 1 is 1.14 bits per heavy atom. The van der Waals surface area contributed by atoms with E-state index in [1.807, 2.05) is 30.3 Å². The van der Waals surface area contributed by atoms with Crippen LogP contribution in [0.1, 0.15) is 17.2 Å². The van der Waals surface area contributed by atoms with Gasteiger partial charge < -0.3 is 10.4 Å². The zero-order valence-electron chi connectivity index (χ0n) is 11.2. The van der Waals surface area contributed by atoms with Crippen LogP contribution in [0, 0.1) is 11.6 Å². The molecule has 3 nitrogen and oxygen atoms in total. The average molecular weight is 291 g/mol. The van der Waals surface area contributed by atoms with E-state index in [0.29, 0.717) is 19.0 Å². The number of nitrogens with one attached hydrogen (secondary N) is 1. The van der Waals surface area contributed by atoms with Gasteiger partial charge in [-0.2, -0.15) is 0 Å². The summed E-state index contributed by atoms with van der Waals surface area (Å²) >= 11 is 0. The van der Waals surface area contributed by atoms with Crippen LogP contribution in [0.15, 0.2) is 48.5 Å². The van der Waals surface area contributed by atoms with Crippen LogP contribution in [0.5, 0.6) is 0 Å². The molecule has 21 heavy (non-hydrogen) atoms. The van der Waals surface area contributed by atoms with Gasteiger partial charge in [-0.25, -0.2) is 8.78 Å². The second-order valence-electron chi connectivity index (χ2n) is 4.63. The number of rotatable bonds is 6. The smallest absolute Gasteiger partial charge is 0.325 e. The van der Waals surface area contributed by atoms with E-state index in [-0.39, 0.29) is 5.56 Å². The van der Waals surface area contributed by atoms with Crippen LogP contribution in [-0.2, 0) is 11.2 Å². The first kappa shape index (κ1) is 15.1. The number of carboxylic acids is 1. The summed E-state index contributed by atoms with van der Waals surface area (Å²) < 4.78 is 26.5. The number of carbonyl (C=O) groups is 1. The van der Waals surface area contributed by atoms with Crippen molar-refractivity contribution in [1.29, 1.82) is 0 Å². The lowest BCUT2D eigenvalue weighted by Crippen LogP contribution is -2.31. The van der Waals surface area contributed by atoms with Crippen molar-refractivity contribution in [1.82, 2.24) is 5.32 Å². The van der Waals surface area contributed by atoms with Crippen molar-refractivity contribution < 1.29 is 18.7 Å². The number of hydrogen-bond donors (Lipinski definition) is 2. The summed E-state index contributed by atoms with van der Waals surface area (Å²) in [5, 5.41) is 12.0. The number of halogens is 2. The molecular weight excluding hydrogens is 276 g/mol. The van der Waals surface area contributed by atoms with E-state index < -0.39 is 23.6 Å². The van der Waals surface area contributed by atoms with Gasteiger partial charge in [-0.3, -0.25) is 4.79 Å². The highest BCUT2D eigenvalue weighted by molar-refractivity contribution is 5.75. The second-order valence-corrected chi connectivity index (χ2v) is 4.63. The van der Waals surface area contributed by atoms with Gasteiger partial charge in [-0.05, 0) is 18.1 Å². The van der Waals surface area contributed by atoms with Crippen molar-refractivity contribution in [3.63, 3.8) is 0 Å². The number of hydrogen-bond acceptors (Lipinski definition) is 2. The van der Waals surface area contributed by atoms with Gasteiger partial charge in [0.05, 0.1) is 0 Å². The minimum Gasteiger partial charge on any atom is -0.480 e. The predicted octanol–water partition coefficient (Wildman–Crippen LogP) is 2.92. The number of benzene rings is 2. The first-order chi connectivity index (χ1) is 10.1. The fourth-order valence-electron chi connectivity index (χ4n) is 2.07. The summed E-state index contributed by atoms with van der Waals surface area (Å²) in [5.41, 5.74) is 0.977. The van der Waals surface area contributed by atoms with E-state index in [0.717, 1.165) is 17.7 Å². The molecule has 0 fully saturated rings. The van der Waals surface area contributed by atoms with Crippen molar-refractivity contribution in [3.05, 3.63) is 71.3 Å². The van der Waals surface area contributed by atoms with Crippen LogP contribution in [0.2, 0.25) is 0 Å². The molecule has 0 aliphatic carbocycles. The molecule has 1 atom stereocenters. The Labute approximate surface area is 121 Å². The standard InChI is InChI=1S/C16H15F2NO2/c17-12-6-7-13(14(18)10-12)15(16(20)21)19-9-8-11-4-2-1-3-5-11/h1-7,10,15,19H,8-9H2,(H,20,21). The summed E-state index contributed by atoms with van der Waals surface area (Å²) in [4.78, 5) is 11.3. The Balaban J connectivity index is 2.04.